The molecule has 0 aromatic heterocycles. The van der Waals surface area contributed by atoms with Crippen LogP contribution in [0.25, 0.3) is 0 Å². The average Bonchev–Trinajstić information content (AvgIpc) is 1.98. The predicted octanol–water partition coefficient (Wildman–Crippen LogP) is -0.690. The fourth-order valence-corrected chi connectivity index (χ4v) is 4.72. The molecule has 96 valence electrons. The van der Waals surface area contributed by atoms with Crippen LogP contribution in [0.3, 0.4) is 0 Å². The van der Waals surface area contributed by atoms with Gasteiger partial charge in [0.1, 0.15) is 0 Å². The second kappa shape index (κ2) is 7.12. The fourth-order valence-electron chi connectivity index (χ4n) is 1.57. The Balaban J connectivity index is 4.79. The number of rotatable bonds is 8. The highest BCUT2D eigenvalue weighted by Gasteiger charge is 2.35. The minimum absolute atomic E-state index is 0.863. The van der Waals surface area contributed by atoms with Crippen LogP contribution >= 0.6 is 0 Å². The van der Waals surface area contributed by atoms with Gasteiger partial charge in [-0.25, -0.2) is 15.3 Å². The number of hydrogen-bond donors (Lipinski definition) is 3. The predicted molar refractivity (Wildman–Crippen MR) is 71.2 cm³/mol. The maximum absolute atomic E-state index is 3.83. The summed E-state index contributed by atoms with van der Waals surface area (Å²) in [6, 6.07) is 0.863. The molecule has 0 saturated carbocycles. The minimum atomic E-state index is -2.08. The summed E-state index contributed by atoms with van der Waals surface area (Å²) >= 11 is 0. The van der Waals surface area contributed by atoms with Gasteiger partial charge in [-0.2, -0.15) is 0 Å². The molecule has 0 spiro atoms. The molecule has 0 radical (unpaired) electrons. The smallest absolute Gasteiger partial charge is 0.255 e. The Morgan fingerprint density at radius 3 is 1.38 bits per heavy atom. The highest BCUT2D eigenvalue weighted by molar-refractivity contribution is 6.72. The molecule has 0 aliphatic carbocycles. The van der Waals surface area contributed by atoms with E-state index in [-0.39, 0.29) is 0 Å². The molecule has 16 heavy (non-hydrogen) atoms. The molecule has 0 saturated heterocycles. The Bertz CT molecular complexity index is 180. The van der Waals surface area contributed by atoms with Crippen molar-refractivity contribution in [1.82, 2.24) is 30.3 Å². The number of nitrogens with zero attached hydrogens (tertiary/aromatic N) is 3. The van der Waals surface area contributed by atoms with Crippen molar-refractivity contribution in [2.45, 2.75) is 6.04 Å². The van der Waals surface area contributed by atoms with E-state index in [1.165, 1.54) is 0 Å². The topological polar surface area (TPSA) is 45.8 Å². The van der Waals surface area contributed by atoms with Gasteiger partial charge in [0, 0.05) is 48.3 Å². The van der Waals surface area contributed by atoms with Crippen LogP contribution in [0.5, 0.6) is 0 Å². The maximum Gasteiger partial charge on any atom is 0.326 e. The van der Waals surface area contributed by atoms with Crippen molar-refractivity contribution in [3.8, 4) is 0 Å². The third-order valence-corrected chi connectivity index (χ3v) is 5.08. The summed E-state index contributed by atoms with van der Waals surface area (Å²) in [6.45, 7) is 3.83. The number of hydrazine groups is 3. The lowest BCUT2D eigenvalue weighted by Crippen LogP contribution is -2.78. The van der Waals surface area contributed by atoms with E-state index in [0.29, 0.717) is 0 Å². The molecule has 3 N–H and O–H groups in total. The summed E-state index contributed by atoms with van der Waals surface area (Å²) in [4.78, 5) is 0. The monoisotopic (exact) mass is 246 g/mol. The number of nitrogens with one attached hydrogen (secondary N) is 3. The molecule has 0 amide bonds. The van der Waals surface area contributed by atoms with E-state index in [4.69, 9.17) is 0 Å². The van der Waals surface area contributed by atoms with Crippen molar-refractivity contribution in [1.29, 1.82) is 0 Å². The SMILES string of the molecule is C=CC[Si](NN(C)C)(NN(C)C)NN(C)C. The molecule has 0 heterocycles. The zero-order chi connectivity index (χ0) is 12.8. The average molecular weight is 246 g/mol. The lowest BCUT2D eigenvalue weighted by molar-refractivity contribution is 0.270. The minimum Gasteiger partial charge on any atom is -0.255 e. The Labute approximate surface area is 100 Å². The van der Waals surface area contributed by atoms with Gasteiger partial charge in [-0.3, -0.25) is 15.0 Å². The quantitative estimate of drug-likeness (QED) is 0.299. The Morgan fingerprint density at radius 2 is 1.19 bits per heavy atom. The van der Waals surface area contributed by atoms with Gasteiger partial charge in [-0.05, 0) is 0 Å². The summed E-state index contributed by atoms with van der Waals surface area (Å²) in [5.41, 5.74) is 0. The van der Waals surface area contributed by atoms with Gasteiger partial charge >= 0.3 is 8.56 Å². The second-order valence-electron chi connectivity index (χ2n) is 4.42. The van der Waals surface area contributed by atoms with Crippen LogP contribution in [-0.2, 0) is 0 Å². The first-order valence-electron chi connectivity index (χ1n) is 5.27. The first kappa shape index (κ1) is 15.7. The van der Waals surface area contributed by atoms with Crippen LogP contribution in [0.1, 0.15) is 0 Å². The zero-order valence-electron chi connectivity index (χ0n) is 11.3. The van der Waals surface area contributed by atoms with Crippen LogP contribution in [0.15, 0.2) is 12.7 Å². The van der Waals surface area contributed by atoms with Gasteiger partial charge in [-0.15, -0.1) is 6.58 Å². The molecule has 0 rings (SSSR count). The van der Waals surface area contributed by atoms with Crippen molar-refractivity contribution in [2.75, 3.05) is 42.3 Å². The molecule has 0 aromatic rings. The van der Waals surface area contributed by atoms with Gasteiger partial charge in [0.2, 0.25) is 0 Å². The van der Waals surface area contributed by atoms with Crippen LogP contribution in [-0.4, -0.2) is 65.9 Å². The van der Waals surface area contributed by atoms with Crippen LogP contribution < -0.4 is 15.3 Å². The van der Waals surface area contributed by atoms with Crippen LogP contribution in [0.4, 0.5) is 0 Å². The summed E-state index contributed by atoms with van der Waals surface area (Å²) < 4.78 is 0. The molecule has 0 bridgehead atoms. The van der Waals surface area contributed by atoms with E-state index in [1.54, 1.807) is 0 Å². The molecular formula is C9H26N6Si. The van der Waals surface area contributed by atoms with Crippen molar-refractivity contribution >= 4 is 8.56 Å². The number of hydrogen-bond acceptors (Lipinski definition) is 6. The van der Waals surface area contributed by atoms with Crippen LogP contribution in [0.2, 0.25) is 6.04 Å². The zero-order valence-corrected chi connectivity index (χ0v) is 12.3. The standard InChI is InChI=1S/C9H26N6Si/c1-8-9-16(10-13(2)3,11-14(4)5)12-15(6)7/h8,10-12H,1,9H2,2-7H3. The summed E-state index contributed by atoms with van der Waals surface area (Å²) in [5.74, 6) is 0. The third kappa shape index (κ3) is 6.33. The molecule has 0 atom stereocenters. The molecule has 0 aliphatic heterocycles. The lowest BCUT2D eigenvalue weighted by atomic mass is 10.8. The first-order chi connectivity index (χ1) is 7.31. The van der Waals surface area contributed by atoms with E-state index in [9.17, 15) is 0 Å². The van der Waals surface area contributed by atoms with E-state index < -0.39 is 8.56 Å². The first-order valence-corrected chi connectivity index (χ1v) is 7.48. The molecule has 7 heteroatoms. The van der Waals surface area contributed by atoms with Gasteiger partial charge < -0.3 is 0 Å². The molecule has 0 aliphatic rings. The van der Waals surface area contributed by atoms with E-state index in [1.807, 2.05) is 63.4 Å². The van der Waals surface area contributed by atoms with E-state index in [2.05, 4.69) is 21.9 Å². The van der Waals surface area contributed by atoms with E-state index in [0.717, 1.165) is 6.04 Å². The Morgan fingerprint density at radius 1 is 0.875 bits per heavy atom. The van der Waals surface area contributed by atoms with Crippen molar-refractivity contribution in [2.24, 2.45) is 0 Å². The van der Waals surface area contributed by atoms with Crippen LogP contribution in [0, 0.1) is 0 Å². The maximum atomic E-state index is 3.83. The molecule has 0 fully saturated rings. The van der Waals surface area contributed by atoms with Crippen molar-refractivity contribution in [3.05, 3.63) is 12.7 Å². The highest BCUT2D eigenvalue weighted by Crippen LogP contribution is 2.00. The second-order valence-corrected chi connectivity index (χ2v) is 7.31. The molecule has 0 aromatic carbocycles. The largest absolute Gasteiger partial charge is 0.326 e. The molecular weight excluding hydrogens is 220 g/mol. The molecule has 0 unspecified atom stereocenters. The summed E-state index contributed by atoms with van der Waals surface area (Å²) in [5, 5.41) is 16.2. The number of allylic oxidation sites excluding steroid dienone is 1. The Kier molecular flexibility index (Phi) is 7.00. The van der Waals surface area contributed by atoms with Gasteiger partial charge in [0.05, 0.1) is 0 Å². The van der Waals surface area contributed by atoms with Gasteiger partial charge in [0.15, 0.2) is 0 Å². The van der Waals surface area contributed by atoms with Gasteiger partial charge in [0.25, 0.3) is 0 Å². The van der Waals surface area contributed by atoms with Crippen molar-refractivity contribution < 1.29 is 0 Å². The lowest BCUT2D eigenvalue weighted by Gasteiger charge is -2.39. The van der Waals surface area contributed by atoms with Gasteiger partial charge in [-0.1, -0.05) is 6.08 Å². The van der Waals surface area contributed by atoms with Crippen molar-refractivity contribution in [3.63, 3.8) is 0 Å². The van der Waals surface area contributed by atoms with E-state index >= 15 is 0 Å². The normalized spacial score (nSPS) is 12.8. The third-order valence-electron chi connectivity index (χ3n) is 1.69. The summed E-state index contributed by atoms with van der Waals surface area (Å²) in [7, 11) is 9.84. The summed E-state index contributed by atoms with van der Waals surface area (Å²) in [6.07, 6.45) is 1.93. The Hall–Kier alpha value is -0.283. The molecule has 6 nitrogen and oxygen atoms in total. The highest BCUT2D eigenvalue weighted by atomic mass is 28.4. The fraction of sp³-hybridized carbons (Fsp3) is 0.778.